The lowest BCUT2D eigenvalue weighted by atomic mass is 10.2. The third-order valence-corrected chi connectivity index (χ3v) is 2.84. The lowest BCUT2D eigenvalue weighted by Gasteiger charge is -2.10. The minimum Gasteiger partial charge on any atom is -0.448 e. The van der Waals surface area contributed by atoms with Crippen molar-refractivity contribution in [2.45, 2.75) is 6.61 Å². The molecule has 0 unspecified atom stereocenters. The Bertz CT molecular complexity index is 594. The summed E-state index contributed by atoms with van der Waals surface area (Å²) in [6.07, 6.45) is 0. The Kier molecular flexibility index (Phi) is 4.11. The maximum absolute atomic E-state index is 13.6. The summed E-state index contributed by atoms with van der Waals surface area (Å²) < 4.78 is 46.1. The number of ether oxygens (including phenoxy) is 1. The van der Waals surface area contributed by atoms with E-state index in [2.05, 4.69) is 15.9 Å². The molecule has 0 aliphatic carbocycles. The quantitative estimate of drug-likeness (QED) is 0.914. The molecule has 0 aromatic heterocycles. The highest BCUT2D eigenvalue weighted by Crippen LogP contribution is 2.31. The summed E-state index contributed by atoms with van der Waals surface area (Å²) in [5, 5.41) is 8.80. The van der Waals surface area contributed by atoms with Crippen LogP contribution in [0.25, 0.3) is 0 Å². The highest BCUT2D eigenvalue weighted by atomic mass is 79.9. The Labute approximate surface area is 115 Å². The molecule has 0 spiro atoms. The van der Waals surface area contributed by atoms with Crippen LogP contribution in [-0.4, -0.2) is 5.11 Å². The van der Waals surface area contributed by atoms with Crippen LogP contribution in [-0.2, 0) is 6.61 Å². The molecule has 0 atom stereocenters. The van der Waals surface area contributed by atoms with Crippen molar-refractivity contribution >= 4 is 15.9 Å². The predicted molar refractivity (Wildman–Crippen MR) is 66.5 cm³/mol. The zero-order chi connectivity index (χ0) is 14.0. The molecule has 0 aliphatic heterocycles. The van der Waals surface area contributed by atoms with Gasteiger partial charge < -0.3 is 9.84 Å². The van der Waals surface area contributed by atoms with Crippen LogP contribution in [0.2, 0.25) is 0 Å². The standard InChI is InChI=1S/C13H8BrF3O2/c14-8-1-2-12(9(15)5-8)19-13-10(16)3-7(6-18)4-11(13)17/h1-5,18H,6H2. The first-order valence-corrected chi connectivity index (χ1v) is 6.02. The van der Waals surface area contributed by atoms with Gasteiger partial charge in [-0.15, -0.1) is 0 Å². The lowest BCUT2D eigenvalue weighted by molar-refractivity contribution is 0.279. The summed E-state index contributed by atoms with van der Waals surface area (Å²) in [5.41, 5.74) is 0.0682. The highest BCUT2D eigenvalue weighted by molar-refractivity contribution is 9.10. The van der Waals surface area contributed by atoms with E-state index in [9.17, 15) is 13.2 Å². The number of rotatable bonds is 3. The number of benzene rings is 2. The van der Waals surface area contributed by atoms with Gasteiger partial charge in [0.1, 0.15) is 0 Å². The van der Waals surface area contributed by atoms with Crippen molar-refractivity contribution in [2.75, 3.05) is 0 Å². The average molecular weight is 333 g/mol. The van der Waals surface area contributed by atoms with Crippen LogP contribution >= 0.6 is 15.9 Å². The van der Waals surface area contributed by atoms with Crippen LogP contribution in [0.15, 0.2) is 34.8 Å². The van der Waals surface area contributed by atoms with Gasteiger partial charge in [-0.25, -0.2) is 13.2 Å². The van der Waals surface area contributed by atoms with E-state index < -0.39 is 29.8 Å². The van der Waals surface area contributed by atoms with E-state index in [-0.39, 0.29) is 11.3 Å². The van der Waals surface area contributed by atoms with Crippen molar-refractivity contribution in [3.63, 3.8) is 0 Å². The van der Waals surface area contributed by atoms with Crippen LogP contribution in [0, 0.1) is 17.5 Å². The van der Waals surface area contributed by atoms with Gasteiger partial charge in [-0.2, -0.15) is 0 Å². The maximum Gasteiger partial charge on any atom is 0.198 e. The smallest absolute Gasteiger partial charge is 0.198 e. The van der Waals surface area contributed by atoms with Crippen LogP contribution in [0.1, 0.15) is 5.56 Å². The van der Waals surface area contributed by atoms with Crippen LogP contribution in [0.3, 0.4) is 0 Å². The molecule has 2 aromatic carbocycles. The number of aliphatic hydroxyl groups excluding tert-OH is 1. The second-order valence-corrected chi connectivity index (χ2v) is 4.64. The van der Waals surface area contributed by atoms with E-state index in [0.29, 0.717) is 4.47 Å². The molecular formula is C13H8BrF3O2. The van der Waals surface area contributed by atoms with Gasteiger partial charge in [0.15, 0.2) is 29.0 Å². The van der Waals surface area contributed by atoms with Crippen molar-refractivity contribution in [3.8, 4) is 11.5 Å². The molecule has 0 amide bonds. The third-order valence-electron chi connectivity index (χ3n) is 2.35. The maximum atomic E-state index is 13.6. The Balaban J connectivity index is 2.38. The van der Waals surface area contributed by atoms with Crippen LogP contribution < -0.4 is 4.74 Å². The van der Waals surface area contributed by atoms with Crippen LogP contribution in [0.5, 0.6) is 11.5 Å². The molecular weight excluding hydrogens is 325 g/mol. The molecule has 2 nitrogen and oxygen atoms in total. The first-order chi connectivity index (χ1) is 9.01. The average Bonchev–Trinajstić information content (AvgIpc) is 2.35. The topological polar surface area (TPSA) is 29.5 Å². The minimum absolute atomic E-state index is 0.0682. The number of halogens is 4. The molecule has 0 bridgehead atoms. The summed E-state index contributed by atoms with van der Waals surface area (Å²) in [6.45, 7) is -0.499. The highest BCUT2D eigenvalue weighted by Gasteiger charge is 2.15. The van der Waals surface area contributed by atoms with Crippen molar-refractivity contribution in [1.82, 2.24) is 0 Å². The fourth-order valence-electron chi connectivity index (χ4n) is 1.47. The fourth-order valence-corrected chi connectivity index (χ4v) is 1.80. The zero-order valence-electron chi connectivity index (χ0n) is 9.46. The van der Waals surface area contributed by atoms with Gasteiger partial charge in [-0.3, -0.25) is 0 Å². The molecule has 2 aromatic rings. The van der Waals surface area contributed by atoms with E-state index in [4.69, 9.17) is 9.84 Å². The van der Waals surface area contributed by atoms with Crippen LogP contribution in [0.4, 0.5) is 13.2 Å². The monoisotopic (exact) mass is 332 g/mol. The molecule has 0 radical (unpaired) electrons. The van der Waals surface area contributed by atoms with Gasteiger partial charge in [-0.05, 0) is 35.9 Å². The van der Waals surface area contributed by atoms with E-state index in [1.165, 1.54) is 12.1 Å². The number of hydrogen-bond acceptors (Lipinski definition) is 2. The largest absolute Gasteiger partial charge is 0.448 e. The van der Waals surface area contributed by atoms with Crippen molar-refractivity contribution in [1.29, 1.82) is 0 Å². The molecule has 0 fully saturated rings. The normalized spacial score (nSPS) is 10.6. The molecule has 6 heteroatoms. The van der Waals surface area contributed by atoms with Gasteiger partial charge in [-0.1, -0.05) is 15.9 Å². The molecule has 0 aliphatic rings. The molecule has 2 rings (SSSR count). The summed E-state index contributed by atoms with van der Waals surface area (Å²) in [7, 11) is 0. The van der Waals surface area contributed by atoms with Gasteiger partial charge in [0.25, 0.3) is 0 Å². The molecule has 0 saturated carbocycles. The first-order valence-electron chi connectivity index (χ1n) is 5.23. The Morgan fingerprint density at radius 1 is 1.00 bits per heavy atom. The van der Waals surface area contributed by atoms with Crippen molar-refractivity contribution in [2.24, 2.45) is 0 Å². The lowest BCUT2D eigenvalue weighted by Crippen LogP contribution is -1.97. The van der Waals surface area contributed by atoms with E-state index in [1.54, 1.807) is 0 Å². The van der Waals surface area contributed by atoms with Gasteiger partial charge in [0.05, 0.1) is 6.61 Å². The number of hydrogen-bond donors (Lipinski definition) is 1. The minimum atomic E-state index is -1.01. The molecule has 19 heavy (non-hydrogen) atoms. The molecule has 0 heterocycles. The van der Waals surface area contributed by atoms with E-state index in [0.717, 1.165) is 18.2 Å². The predicted octanol–water partition coefficient (Wildman–Crippen LogP) is 4.15. The van der Waals surface area contributed by atoms with Gasteiger partial charge in [0.2, 0.25) is 0 Å². The number of aliphatic hydroxyl groups is 1. The van der Waals surface area contributed by atoms with E-state index >= 15 is 0 Å². The Hall–Kier alpha value is -1.53. The Morgan fingerprint density at radius 2 is 1.63 bits per heavy atom. The SMILES string of the molecule is OCc1cc(F)c(Oc2ccc(Br)cc2F)c(F)c1. The summed E-state index contributed by atoms with van der Waals surface area (Å²) in [5.74, 6) is -3.77. The molecule has 1 N–H and O–H groups in total. The summed E-state index contributed by atoms with van der Waals surface area (Å²) in [4.78, 5) is 0. The molecule has 0 saturated heterocycles. The summed E-state index contributed by atoms with van der Waals surface area (Å²) >= 11 is 3.06. The van der Waals surface area contributed by atoms with Gasteiger partial charge in [0, 0.05) is 4.47 Å². The van der Waals surface area contributed by atoms with Gasteiger partial charge >= 0.3 is 0 Å². The Morgan fingerprint density at radius 3 is 2.16 bits per heavy atom. The summed E-state index contributed by atoms with van der Waals surface area (Å²) in [6, 6.07) is 5.70. The van der Waals surface area contributed by atoms with E-state index in [1.807, 2.05) is 0 Å². The zero-order valence-corrected chi connectivity index (χ0v) is 11.0. The van der Waals surface area contributed by atoms with Crippen molar-refractivity contribution in [3.05, 3.63) is 57.8 Å². The third kappa shape index (κ3) is 3.08. The molecule has 100 valence electrons. The first kappa shape index (κ1) is 13.9. The van der Waals surface area contributed by atoms with Crippen molar-refractivity contribution < 1.29 is 23.0 Å². The fraction of sp³-hybridized carbons (Fsp3) is 0.0769. The second-order valence-electron chi connectivity index (χ2n) is 3.72. The second kappa shape index (κ2) is 5.63.